The number of allylic oxidation sites excluding steroid dienone is 1. The van der Waals surface area contributed by atoms with Crippen LogP contribution in [0.25, 0.3) is 0 Å². The number of ketones is 1. The van der Waals surface area contributed by atoms with Crippen LogP contribution in [0.3, 0.4) is 0 Å². The largest absolute Gasteiger partial charge is 0.463 e. The van der Waals surface area contributed by atoms with E-state index in [1.165, 1.54) is 12.3 Å². The molecule has 2 rings (SSSR count). The first-order valence-electron chi connectivity index (χ1n) is 5.54. The number of halogens is 2. The predicted molar refractivity (Wildman–Crippen MR) is 77.0 cm³/mol. The molecule has 4 heteroatoms. The third-order valence-corrected chi connectivity index (χ3v) is 2.90. The lowest BCUT2D eigenvalue weighted by molar-refractivity contribution is 0.104. The van der Waals surface area contributed by atoms with Gasteiger partial charge in [0.2, 0.25) is 0 Å². The van der Waals surface area contributed by atoms with Crippen LogP contribution in [0.1, 0.15) is 10.4 Å². The molecule has 2 aromatic rings. The van der Waals surface area contributed by atoms with Crippen LogP contribution in [0.5, 0.6) is 5.75 Å². The summed E-state index contributed by atoms with van der Waals surface area (Å²) in [4.78, 5) is 11.8. The fourth-order valence-corrected chi connectivity index (χ4v) is 1.89. The number of benzene rings is 2. The maximum Gasteiger partial charge on any atom is 0.188 e. The fourth-order valence-electron chi connectivity index (χ4n) is 1.44. The van der Waals surface area contributed by atoms with E-state index in [1.54, 1.807) is 42.5 Å². The summed E-state index contributed by atoms with van der Waals surface area (Å²) in [5, 5.41) is 0.922. The molecule has 0 saturated heterocycles. The Kier molecular flexibility index (Phi) is 4.61. The van der Waals surface area contributed by atoms with Crippen molar-refractivity contribution < 1.29 is 9.53 Å². The van der Waals surface area contributed by atoms with Crippen LogP contribution in [0, 0.1) is 0 Å². The highest BCUT2D eigenvalue weighted by Gasteiger charge is 2.02. The van der Waals surface area contributed by atoms with E-state index in [9.17, 15) is 4.79 Å². The van der Waals surface area contributed by atoms with Crippen molar-refractivity contribution in [2.45, 2.75) is 0 Å². The van der Waals surface area contributed by atoms with Gasteiger partial charge in [0.1, 0.15) is 5.75 Å². The summed E-state index contributed by atoms with van der Waals surface area (Å²) in [5.41, 5.74) is 0.601. The van der Waals surface area contributed by atoms with Gasteiger partial charge in [-0.15, -0.1) is 0 Å². The smallest absolute Gasteiger partial charge is 0.188 e. The maximum absolute atomic E-state index is 11.8. The van der Waals surface area contributed by atoms with Gasteiger partial charge in [-0.05, 0) is 18.2 Å². The molecule has 0 aliphatic rings. The van der Waals surface area contributed by atoms with Gasteiger partial charge < -0.3 is 4.74 Å². The van der Waals surface area contributed by atoms with Gasteiger partial charge >= 0.3 is 0 Å². The normalized spacial score (nSPS) is 10.6. The molecule has 0 fully saturated rings. The van der Waals surface area contributed by atoms with E-state index in [4.69, 9.17) is 27.9 Å². The zero-order valence-corrected chi connectivity index (χ0v) is 11.4. The van der Waals surface area contributed by atoms with Crippen molar-refractivity contribution in [1.29, 1.82) is 0 Å². The van der Waals surface area contributed by atoms with Crippen LogP contribution >= 0.6 is 23.2 Å². The highest BCUT2D eigenvalue weighted by molar-refractivity contribution is 6.35. The van der Waals surface area contributed by atoms with Gasteiger partial charge in [0, 0.05) is 16.7 Å². The van der Waals surface area contributed by atoms with Crippen LogP contribution in [0.2, 0.25) is 10.0 Å². The summed E-state index contributed by atoms with van der Waals surface area (Å²) in [6.07, 6.45) is 2.66. The van der Waals surface area contributed by atoms with Gasteiger partial charge in [-0.25, -0.2) is 0 Å². The van der Waals surface area contributed by atoms with E-state index in [-0.39, 0.29) is 5.78 Å². The molecule has 0 atom stereocenters. The summed E-state index contributed by atoms with van der Waals surface area (Å²) in [6.45, 7) is 0. The first-order valence-corrected chi connectivity index (χ1v) is 6.30. The summed E-state index contributed by atoms with van der Waals surface area (Å²) < 4.78 is 5.29. The first-order chi connectivity index (χ1) is 9.16. The van der Waals surface area contributed by atoms with Crippen LogP contribution in [0.4, 0.5) is 0 Å². The fraction of sp³-hybridized carbons (Fsp3) is 0. The number of ether oxygens (including phenoxy) is 1. The number of hydrogen-bond acceptors (Lipinski definition) is 2. The van der Waals surface area contributed by atoms with Gasteiger partial charge in [-0.1, -0.05) is 53.5 Å². The number of hydrogen-bond donors (Lipinski definition) is 0. The summed E-state index contributed by atoms with van der Waals surface area (Å²) in [6, 6.07) is 13.8. The topological polar surface area (TPSA) is 26.3 Å². The van der Waals surface area contributed by atoms with Crippen molar-refractivity contribution in [1.82, 2.24) is 0 Å². The molecule has 0 N–H and O–H groups in total. The van der Waals surface area contributed by atoms with Crippen molar-refractivity contribution in [2.75, 3.05) is 0 Å². The third kappa shape index (κ3) is 3.85. The Morgan fingerprint density at radius 2 is 1.79 bits per heavy atom. The molecule has 0 heterocycles. The maximum atomic E-state index is 11.8. The van der Waals surface area contributed by atoms with E-state index >= 15 is 0 Å². The minimum absolute atomic E-state index is 0.134. The molecular weight excluding hydrogens is 283 g/mol. The Labute approximate surface area is 121 Å². The van der Waals surface area contributed by atoms with Gasteiger partial charge in [0.05, 0.1) is 11.3 Å². The average Bonchev–Trinajstić information content (AvgIpc) is 2.42. The first kappa shape index (κ1) is 13.7. The van der Waals surface area contributed by atoms with Gasteiger partial charge in [-0.2, -0.15) is 0 Å². The minimum Gasteiger partial charge on any atom is -0.463 e. The van der Waals surface area contributed by atoms with Gasteiger partial charge in [0.25, 0.3) is 0 Å². The van der Waals surface area contributed by atoms with Crippen molar-refractivity contribution in [3.8, 4) is 5.75 Å². The molecule has 96 valence electrons. The van der Waals surface area contributed by atoms with E-state index < -0.39 is 0 Å². The quantitative estimate of drug-likeness (QED) is 0.461. The predicted octanol–water partition coefficient (Wildman–Crippen LogP) is 4.77. The van der Waals surface area contributed by atoms with E-state index in [2.05, 4.69) is 0 Å². The molecule has 0 unspecified atom stereocenters. The van der Waals surface area contributed by atoms with Crippen LogP contribution in [-0.4, -0.2) is 5.78 Å². The molecule has 0 spiro atoms. The zero-order chi connectivity index (χ0) is 13.7. The Hall–Kier alpha value is -1.77. The molecule has 2 aromatic carbocycles. The zero-order valence-electron chi connectivity index (χ0n) is 9.85. The number of carbonyl (C=O) groups excluding carboxylic acids is 1. The third-order valence-electron chi connectivity index (χ3n) is 2.37. The second-order valence-corrected chi connectivity index (χ2v) is 4.57. The van der Waals surface area contributed by atoms with Crippen LogP contribution in [-0.2, 0) is 0 Å². The minimum atomic E-state index is -0.134. The molecule has 19 heavy (non-hydrogen) atoms. The lowest BCUT2D eigenvalue weighted by atomic mass is 10.1. The Morgan fingerprint density at radius 1 is 1.05 bits per heavy atom. The van der Waals surface area contributed by atoms with Crippen molar-refractivity contribution >= 4 is 29.0 Å². The van der Waals surface area contributed by atoms with E-state index in [0.717, 1.165) is 0 Å². The SMILES string of the molecule is O=C(/C=C/Oc1ccc(Cl)cc1Cl)c1ccccc1. The second kappa shape index (κ2) is 6.41. The van der Waals surface area contributed by atoms with Crippen molar-refractivity contribution in [3.05, 3.63) is 76.5 Å². The lowest BCUT2D eigenvalue weighted by Gasteiger charge is -2.02. The van der Waals surface area contributed by atoms with Gasteiger partial charge in [-0.3, -0.25) is 4.79 Å². The summed E-state index contributed by atoms with van der Waals surface area (Å²) in [7, 11) is 0. The Bertz CT molecular complexity index is 607. The standard InChI is InChI=1S/C15H10Cl2O2/c16-12-6-7-15(13(17)10-12)19-9-8-14(18)11-4-2-1-3-5-11/h1-10H/b9-8+. The molecule has 0 aliphatic heterocycles. The summed E-state index contributed by atoms with van der Waals surface area (Å²) in [5.74, 6) is 0.314. The van der Waals surface area contributed by atoms with Crippen molar-refractivity contribution in [2.24, 2.45) is 0 Å². The lowest BCUT2D eigenvalue weighted by Crippen LogP contribution is -1.94. The Balaban J connectivity index is 2.02. The molecule has 0 saturated carbocycles. The number of carbonyl (C=O) groups is 1. The number of rotatable bonds is 4. The molecule has 0 bridgehead atoms. The second-order valence-electron chi connectivity index (χ2n) is 3.73. The van der Waals surface area contributed by atoms with Crippen LogP contribution < -0.4 is 4.74 Å². The van der Waals surface area contributed by atoms with E-state index in [0.29, 0.717) is 21.4 Å². The average molecular weight is 293 g/mol. The molecule has 2 nitrogen and oxygen atoms in total. The van der Waals surface area contributed by atoms with Gasteiger partial charge in [0.15, 0.2) is 5.78 Å². The Morgan fingerprint density at radius 3 is 2.47 bits per heavy atom. The summed E-state index contributed by atoms with van der Waals surface area (Å²) >= 11 is 11.7. The van der Waals surface area contributed by atoms with E-state index in [1.807, 2.05) is 6.07 Å². The molecule has 0 aromatic heterocycles. The van der Waals surface area contributed by atoms with Crippen LogP contribution in [0.15, 0.2) is 60.9 Å². The highest BCUT2D eigenvalue weighted by atomic mass is 35.5. The molecule has 0 aliphatic carbocycles. The molecule has 0 radical (unpaired) electrons. The van der Waals surface area contributed by atoms with Crippen molar-refractivity contribution in [3.63, 3.8) is 0 Å². The molecular formula is C15H10Cl2O2. The molecule has 0 amide bonds. The highest BCUT2D eigenvalue weighted by Crippen LogP contribution is 2.27. The monoisotopic (exact) mass is 292 g/mol.